The smallest absolute Gasteiger partial charge is 0.270 e. The number of ether oxygens (including phenoxy) is 1. The van der Waals surface area contributed by atoms with Gasteiger partial charge in [-0.05, 0) is 19.4 Å². The van der Waals surface area contributed by atoms with Gasteiger partial charge in [0, 0.05) is 43.4 Å². The summed E-state index contributed by atoms with van der Waals surface area (Å²) in [6, 6.07) is 9.75. The van der Waals surface area contributed by atoms with E-state index in [9.17, 15) is 9.59 Å². The molecule has 9 heteroatoms. The molecule has 1 aromatic carbocycles. The molecule has 2 N–H and O–H groups in total. The van der Waals surface area contributed by atoms with Crippen LogP contribution in [0.2, 0.25) is 0 Å². The lowest BCUT2D eigenvalue weighted by Crippen LogP contribution is -2.38. The predicted octanol–water partition coefficient (Wildman–Crippen LogP) is 1.63. The van der Waals surface area contributed by atoms with Crippen molar-refractivity contribution in [2.45, 2.75) is 39.5 Å². The van der Waals surface area contributed by atoms with Gasteiger partial charge < -0.3 is 15.4 Å². The molecule has 1 aliphatic heterocycles. The average molecular weight is 435 g/mol. The minimum atomic E-state index is -0.269. The minimum absolute atomic E-state index is 0.179. The van der Waals surface area contributed by atoms with Gasteiger partial charge >= 0.3 is 0 Å². The highest BCUT2D eigenvalue weighted by Crippen LogP contribution is 2.23. The van der Waals surface area contributed by atoms with Gasteiger partial charge in [0.25, 0.3) is 11.8 Å². The van der Waals surface area contributed by atoms with E-state index in [1.165, 1.54) is 6.33 Å². The Morgan fingerprint density at radius 2 is 1.91 bits per heavy atom. The summed E-state index contributed by atoms with van der Waals surface area (Å²) in [5.74, 6) is -0.448. The maximum absolute atomic E-state index is 12.9. The van der Waals surface area contributed by atoms with Gasteiger partial charge in [-0.25, -0.2) is 9.97 Å². The summed E-state index contributed by atoms with van der Waals surface area (Å²) in [4.78, 5) is 33.7. The molecular weight excluding hydrogens is 408 g/mol. The van der Waals surface area contributed by atoms with Crippen molar-refractivity contribution in [2.75, 3.05) is 6.54 Å². The predicted molar refractivity (Wildman–Crippen MR) is 117 cm³/mol. The number of benzene rings is 1. The number of nitrogens with zero attached hydrogens (tertiary/aromatic N) is 4. The van der Waals surface area contributed by atoms with E-state index in [0.717, 1.165) is 28.1 Å². The summed E-state index contributed by atoms with van der Waals surface area (Å²) in [5.41, 5.74) is 5.04. The van der Waals surface area contributed by atoms with Crippen LogP contribution in [0.3, 0.4) is 0 Å². The minimum Gasteiger partial charge on any atom is -0.370 e. The third kappa shape index (κ3) is 4.52. The second kappa shape index (κ2) is 9.27. The van der Waals surface area contributed by atoms with Gasteiger partial charge in [-0.15, -0.1) is 0 Å². The SMILES string of the molecule is Cc1ncnc(C(=O)NCC2Cc3c(nn(C)c3C(=O)NCc3ccccc3)CO2)c1C. The third-order valence-electron chi connectivity index (χ3n) is 5.67. The summed E-state index contributed by atoms with van der Waals surface area (Å²) < 4.78 is 7.47. The van der Waals surface area contributed by atoms with E-state index in [0.29, 0.717) is 37.5 Å². The summed E-state index contributed by atoms with van der Waals surface area (Å²) in [6.07, 6.45) is 1.61. The number of nitrogens with one attached hydrogen (secondary N) is 2. The first-order valence-electron chi connectivity index (χ1n) is 10.5. The molecule has 0 spiro atoms. The molecule has 1 aliphatic rings. The van der Waals surface area contributed by atoms with Crippen molar-refractivity contribution in [1.29, 1.82) is 0 Å². The zero-order valence-electron chi connectivity index (χ0n) is 18.4. The molecule has 1 atom stereocenters. The van der Waals surface area contributed by atoms with E-state index in [-0.39, 0.29) is 17.9 Å². The molecule has 0 bridgehead atoms. The molecule has 1 unspecified atom stereocenters. The van der Waals surface area contributed by atoms with E-state index in [1.54, 1.807) is 11.7 Å². The normalized spacial score (nSPS) is 15.2. The molecule has 32 heavy (non-hydrogen) atoms. The lowest BCUT2D eigenvalue weighted by Gasteiger charge is -2.23. The number of carbonyl (C=O) groups excluding carboxylic acids is 2. The molecule has 3 aromatic rings. The number of hydrogen-bond acceptors (Lipinski definition) is 6. The van der Waals surface area contributed by atoms with Crippen molar-refractivity contribution in [2.24, 2.45) is 7.05 Å². The van der Waals surface area contributed by atoms with E-state index in [4.69, 9.17) is 4.74 Å². The summed E-state index contributed by atoms with van der Waals surface area (Å²) in [7, 11) is 1.76. The van der Waals surface area contributed by atoms with Crippen LogP contribution in [0.15, 0.2) is 36.7 Å². The molecule has 0 fully saturated rings. The fraction of sp³-hybridized carbons (Fsp3) is 0.348. The first-order valence-corrected chi connectivity index (χ1v) is 10.5. The van der Waals surface area contributed by atoms with Crippen LogP contribution in [0.4, 0.5) is 0 Å². The van der Waals surface area contributed by atoms with Gasteiger partial charge in [0.2, 0.25) is 0 Å². The number of amides is 2. The number of fused-ring (bicyclic) bond motifs is 1. The second-order valence-electron chi connectivity index (χ2n) is 7.85. The van der Waals surface area contributed by atoms with Crippen molar-refractivity contribution in [1.82, 2.24) is 30.4 Å². The zero-order chi connectivity index (χ0) is 22.7. The lowest BCUT2D eigenvalue weighted by atomic mass is 10.0. The monoisotopic (exact) mass is 434 g/mol. The highest BCUT2D eigenvalue weighted by Gasteiger charge is 2.29. The van der Waals surface area contributed by atoms with Gasteiger partial charge in [0.1, 0.15) is 17.7 Å². The largest absolute Gasteiger partial charge is 0.370 e. The maximum atomic E-state index is 12.9. The Kier molecular flexibility index (Phi) is 6.27. The van der Waals surface area contributed by atoms with Crippen molar-refractivity contribution < 1.29 is 14.3 Å². The van der Waals surface area contributed by atoms with Crippen LogP contribution in [0.1, 0.15) is 49.1 Å². The molecule has 3 heterocycles. The molecule has 4 rings (SSSR count). The highest BCUT2D eigenvalue weighted by molar-refractivity contribution is 5.94. The van der Waals surface area contributed by atoms with Crippen LogP contribution < -0.4 is 10.6 Å². The lowest BCUT2D eigenvalue weighted by molar-refractivity contribution is 0.0264. The third-order valence-corrected chi connectivity index (χ3v) is 5.67. The molecule has 0 saturated heterocycles. The fourth-order valence-corrected chi connectivity index (χ4v) is 3.77. The van der Waals surface area contributed by atoms with E-state index in [2.05, 4.69) is 25.7 Å². The Morgan fingerprint density at radius 1 is 1.12 bits per heavy atom. The Hall–Kier alpha value is -3.59. The van der Waals surface area contributed by atoms with Crippen LogP contribution in [0.25, 0.3) is 0 Å². The molecule has 9 nitrogen and oxygen atoms in total. The maximum Gasteiger partial charge on any atom is 0.270 e. The highest BCUT2D eigenvalue weighted by atomic mass is 16.5. The molecular formula is C23H26N6O3. The van der Waals surface area contributed by atoms with Crippen molar-refractivity contribution in [3.63, 3.8) is 0 Å². The summed E-state index contributed by atoms with van der Waals surface area (Å²) in [6.45, 7) is 4.70. The molecule has 0 saturated carbocycles. The summed E-state index contributed by atoms with van der Waals surface area (Å²) >= 11 is 0. The Labute approximate surface area is 186 Å². The van der Waals surface area contributed by atoms with Crippen molar-refractivity contribution in [3.8, 4) is 0 Å². The number of rotatable bonds is 6. The Bertz CT molecular complexity index is 1140. The van der Waals surface area contributed by atoms with E-state index >= 15 is 0 Å². The van der Waals surface area contributed by atoms with Gasteiger partial charge in [0.15, 0.2) is 0 Å². The van der Waals surface area contributed by atoms with Crippen molar-refractivity contribution >= 4 is 11.8 Å². The van der Waals surface area contributed by atoms with Crippen LogP contribution in [-0.4, -0.2) is 44.2 Å². The Morgan fingerprint density at radius 3 is 2.69 bits per heavy atom. The molecule has 2 amide bonds. The number of hydrogen-bond donors (Lipinski definition) is 2. The molecule has 0 aliphatic carbocycles. The van der Waals surface area contributed by atoms with Gasteiger partial charge in [0.05, 0.1) is 18.4 Å². The first-order chi connectivity index (χ1) is 15.4. The standard InChI is InChI=1S/C23H26N6O3/c1-14-15(2)26-13-27-20(14)22(30)25-11-17-9-18-19(12-32-17)28-29(3)21(18)23(31)24-10-16-7-5-4-6-8-16/h4-8,13,17H,9-12H2,1-3H3,(H,24,31)(H,25,30). The molecule has 0 radical (unpaired) electrons. The molecule has 166 valence electrons. The van der Waals surface area contributed by atoms with Crippen LogP contribution in [0, 0.1) is 13.8 Å². The van der Waals surface area contributed by atoms with Gasteiger partial charge in [-0.3, -0.25) is 14.3 Å². The van der Waals surface area contributed by atoms with E-state index < -0.39 is 0 Å². The second-order valence-corrected chi connectivity index (χ2v) is 7.85. The van der Waals surface area contributed by atoms with E-state index in [1.807, 2.05) is 44.2 Å². The number of carbonyl (C=O) groups is 2. The quantitative estimate of drug-likeness (QED) is 0.610. The topological polar surface area (TPSA) is 111 Å². The van der Waals surface area contributed by atoms with Gasteiger partial charge in [-0.2, -0.15) is 5.10 Å². The fourth-order valence-electron chi connectivity index (χ4n) is 3.77. The number of aryl methyl sites for hydroxylation is 2. The van der Waals surface area contributed by atoms with Crippen LogP contribution in [0.5, 0.6) is 0 Å². The first kappa shape index (κ1) is 21.6. The summed E-state index contributed by atoms with van der Waals surface area (Å²) in [5, 5.41) is 10.3. The number of aromatic nitrogens is 4. The zero-order valence-corrected chi connectivity index (χ0v) is 18.4. The average Bonchev–Trinajstić information content (AvgIpc) is 3.13. The Balaban J connectivity index is 1.41. The van der Waals surface area contributed by atoms with Gasteiger partial charge in [-0.1, -0.05) is 30.3 Å². The molecule has 2 aromatic heterocycles. The van der Waals surface area contributed by atoms with Crippen molar-refractivity contribution in [3.05, 3.63) is 76.1 Å². The van der Waals surface area contributed by atoms with Crippen LogP contribution in [-0.2, 0) is 31.4 Å². The van der Waals surface area contributed by atoms with Crippen LogP contribution >= 0.6 is 0 Å².